The second-order valence-electron chi connectivity index (χ2n) is 3.47. The SMILES string of the molecule is Cn1nc(N)cc1COc1ccc(O)cc1. The van der Waals surface area contributed by atoms with Crippen LogP contribution in [0.3, 0.4) is 0 Å². The van der Waals surface area contributed by atoms with Crippen LogP contribution < -0.4 is 10.5 Å². The summed E-state index contributed by atoms with van der Waals surface area (Å²) in [4.78, 5) is 0. The number of aromatic nitrogens is 2. The molecular formula is C11H13N3O2. The van der Waals surface area contributed by atoms with Crippen molar-refractivity contribution in [1.29, 1.82) is 0 Å². The number of hydrogen-bond donors (Lipinski definition) is 2. The van der Waals surface area contributed by atoms with E-state index >= 15 is 0 Å². The molecule has 16 heavy (non-hydrogen) atoms. The van der Waals surface area contributed by atoms with Crippen molar-refractivity contribution in [2.75, 3.05) is 5.73 Å². The summed E-state index contributed by atoms with van der Waals surface area (Å²) in [5.74, 6) is 1.39. The zero-order chi connectivity index (χ0) is 11.5. The highest BCUT2D eigenvalue weighted by molar-refractivity contribution is 5.31. The molecule has 0 unspecified atom stereocenters. The number of hydrogen-bond acceptors (Lipinski definition) is 4. The van der Waals surface area contributed by atoms with E-state index < -0.39 is 0 Å². The zero-order valence-electron chi connectivity index (χ0n) is 8.92. The van der Waals surface area contributed by atoms with Crippen molar-refractivity contribution in [3.63, 3.8) is 0 Å². The number of phenols is 1. The van der Waals surface area contributed by atoms with Gasteiger partial charge in [-0.2, -0.15) is 5.10 Å². The van der Waals surface area contributed by atoms with Crippen LogP contribution in [0.1, 0.15) is 5.69 Å². The second-order valence-corrected chi connectivity index (χ2v) is 3.47. The maximum absolute atomic E-state index is 9.10. The van der Waals surface area contributed by atoms with Crippen LogP contribution in [0, 0.1) is 0 Å². The van der Waals surface area contributed by atoms with Crippen molar-refractivity contribution in [3.8, 4) is 11.5 Å². The molecule has 0 aliphatic heterocycles. The number of nitrogens with zero attached hydrogens (tertiary/aromatic N) is 2. The smallest absolute Gasteiger partial charge is 0.145 e. The van der Waals surface area contributed by atoms with Crippen molar-refractivity contribution < 1.29 is 9.84 Å². The van der Waals surface area contributed by atoms with Crippen LogP contribution in [0.5, 0.6) is 11.5 Å². The van der Waals surface area contributed by atoms with Gasteiger partial charge in [-0.25, -0.2) is 0 Å². The van der Waals surface area contributed by atoms with Gasteiger partial charge in [-0.05, 0) is 24.3 Å². The van der Waals surface area contributed by atoms with Gasteiger partial charge in [0.05, 0.1) is 5.69 Å². The van der Waals surface area contributed by atoms with Crippen molar-refractivity contribution >= 4 is 5.82 Å². The minimum atomic E-state index is 0.220. The van der Waals surface area contributed by atoms with E-state index in [1.165, 1.54) is 0 Å². The third-order valence-corrected chi connectivity index (χ3v) is 2.22. The van der Waals surface area contributed by atoms with Crippen LogP contribution in [-0.4, -0.2) is 14.9 Å². The monoisotopic (exact) mass is 219 g/mol. The van der Waals surface area contributed by atoms with Gasteiger partial charge in [0.15, 0.2) is 0 Å². The molecule has 0 amide bonds. The van der Waals surface area contributed by atoms with E-state index in [9.17, 15) is 0 Å². The molecule has 1 heterocycles. The molecule has 0 aliphatic rings. The Balaban J connectivity index is 2.02. The quantitative estimate of drug-likeness (QED) is 0.815. The highest BCUT2D eigenvalue weighted by Gasteiger charge is 2.03. The Morgan fingerprint density at radius 3 is 2.62 bits per heavy atom. The number of aryl methyl sites for hydroxylation is 1. The first-order chi connectivity index (χ1) is 7.65. The van der Waals surface area contributed by atoms with Crippen molar-refractivity contribution in [2.45, 2.75) is 6.61 Å². The molecule has 0 aliphatic carbocycles. The predicted molar refractivity (Wildman–Crippen MR) is 60.1 cm³/mol. The first-order valence-electron chi connectivity index (χ1n) is 4.85. The van der Waals surface area contributed by atoms with Crippen LogP contribution in [0.25, 0.3) is 0 Å². The lowest BCUT2D eigenvalue weighted by Crippen LogP contribution is -2.02. The Morgan fingerprint density at radius 1 is 1.38 bits per heavy atom. The molecule has 0 radical (unpaired) electrons. The molecule has 0 fully saturated rings. The summed E-state index contributed by atoms with van der Waals surface area (Å²) >= 11 is 0. The number of phenolic OH excluding ortho intramolecular Hbond substituents is 1. The topological polar surface area (TPSA) is 73.3 Å². The average molecular weight is 219 g/mol. The number of rotatable bonds is 3. The Bertz CT molecular complexity index is 476. The van der Waals surface area contributed by atoms with Gasteiger partial charge >= 0.3 is 0 Å². The molecular weight excluding hydrogens is 206 g/mol. The van der Waals surface area contributed by atoms with Gasteiger partial charge in [-0.1, -0.05) is 0 Å². The molecule has 0 saturated heterocycles. The number of nitrogens with two attached hydrogens (primary N) is 1. The Hall–Kier alpha value is -2.17. The Morgan fingerprint density at radius 2 is 2.06 bits per heavy atom. The van der Waals surface area contributed by atoms with Crippen LogP contribution in [-0.2, 0) is 13.7 Å². The van der Waals surface area contributed by atoms with E-state index in [4.69, 9.17) is 15.6 Å². The number of ether oxygens (including phenoxy) is 1. The minimum Gasteiger partial charge on any atom is -0.508 e. The number of nitrogen functional groups attached to an aromatic ring is 1. The summed E-state index contributed by atoms with van der Waals surface area (Å²) in [7, 11) is 1.81. The molecule has 5 nitrogen and oxygen atoms in total. The van der Waals surface area contributed by atoms with Gasteiger partial charge < -0.3 is 15.6 Å². The lowest BCUT2D eigenvalue weighted by Gasteiger charge is -2.05. The normalized spacial score (nSPS) is 10.3. The van der Waals surface area contributed by atoms with Crippen LogP contribution in [0.4, 0.5) is 5.82 Å². The first-order valence-corrected chi connectivity index (χ1v) is 4.85. The van der Waals surface area contributed by atoms with Crippen molar-refractivity contribution in [3.05, 3.63) is 36.0 Å². The lowest BCUT2D eigenvalue weighted by molar-refractivity contribution is 0.294. The summed E-state index contributed by atoms with van der Waals surface area (Å²) < 4.78 is 7.19. The Labute approximate surface area is 93.1 Å². The summed E-state index contributed by atoms with van der Waals surface area (Å²) in [6, 6.07) is 8.32. The number of benzene rings is 1. The third kappa shape index (κ3) is 2.25. The van der Waals surface area contributed by atoms with Gasteiger partial charge in [-0.15, -0.1) is 0 Å². The maximum Gasteiger partial charge on any atom is 0.145 e. The van der Waals surface area contributed by atoms with E-state index in [0.29, 0.717) is 18.2 Å². The van der Waals surface area contributed by atoms with E-state index in [1.807, 2.05) is 7.05 Å². The summed E-state index contributed by atoms with van der Waals surface area (Å²) in [6.45, 7) is 0.394. The maximum atomic E-state index is 9.10. The molecule has 5 heteroatoms. The second kappa shape index (κ2) is 4.14. The Kier molecular flexibility index (Phi) is 2.68. The van der Waals surface area contributed by atoms with Crippen LogP contribution in [0.15, 0.2) is 30.3 Å². The predicted octanol–water partition coefficient (Wildman–Crippen LogP) is 1.29. The van der Waals surface area contributed by atoms with Crippen molar-refractivity contribution in [2.24, 2.45) is 7.05 Å². The zero-order valence-corrected chi connectivity index (χ0v) is 8.92. The molecule has 2 rings (SSSR count). The summed E-state index contributed by atoms with van der Waals surface area (Å²) in [5.41, 5.74) is 6.44. The summed E-state index contributed by atoms with van der Waals surface area (Å²) in [6.07, 6.45) is 0. The van der Waals surface area contributed by atoms with Gasteiger partial charge in [-0.3, -0.25) is 4.68 Å². The third-order valence-electron chi connectivity index (χ3n) is 2.22. The van der Waals surface area contributed by atoms with Gasteiger partial charge in [0.2, 0.25) is 0 Å². The van der Waals surface area contributed by atoms with Crippen LogP contribution >= 0.6 is 0 Å². The molecule has 0 saturated carbocycles. The fourth-order valence-electron chi connectivity index (χ4n) is 1.37. The molecule has 2 aromatic rings. The molecule has 0 bridgehead atoms. The summed E-state index contributed by atoms with van der Waals surface area (Å²) in [5, 5.41) is 13.1. The van der Waals surface area contributed by atoms with Gasteiger partial charge in [0.1, 0.15) is 23.9 Å². The highest BCUT2D eigenvalue weighted by Crippen LogP contribution is 2.17. The molecule has 1 aromatic heterocycles. The highest BCUT2D eigenvalue weighted by atomic mass is 16.5. The molecule has 0 atom stereocenters. The van der Waals surface area contributed by atoms with Crippen molar-refractivity contribution in [1.82, 2.24) is 9.78 Å². The molecule has 1 aromatic carbocycles. The molecule has 84 valence electrons. The lowest BCUT2D eigenvalue weighted by atomic mass is 10.3. The fraction of sp³-hybridized carbons (Fsp3) is 0.182. The first kappa shape index (κ1) is 10.4. The number of aromatic hydroxyl groups is 1. The molecule has 0 spiro atoms. The van der Waals surface area contributed by atoms with E-state index in [1.54, 1.807) is 35.0 Å². The largest absolute Gasteiger partial charge is 0.508 e. The van der Waals surface area contributed by atoms with Gasteiger partial charge in [0, 0.05) is 13.1 Å². The minimum absolute atomic E-state index is 0.220. The average Bonchev–Trinajstić information content (AvgIpc) is 2.57. The van der Waals surface area contributed by atoms with E-state index in [2.05, 4.69) is 5.10 Å². The fourth-order valence-corrected chi connectivity index (χ4v) is 1.37. The number of anilines is 1. The standard InChI is InChI=1S/C11H13N3O2/c1-14-8(6-11(12)13-14)7-16-10-4-2-9(15)3-5-10/h2-6,15H,7H2,1H3,(H2,12,13). The molecule has 3 N–H and O–H groups in total. The van der Waals surface area contributed by atoms with E-state index in [-0.39, 0.29) is 5.75 Å². The van der Waals surface area contributed by atoms with E-state index in [0.717, 1.165) is 5.69 Å². The van der Waals surface area contributed by atoms with Crippen LogP contribution in [0.2, 0.25) is 0 Å². The van der Waals surface area contributed by atoms with Gasteiger partial charge in [0.25, 0.3) is 0 Å².